The first-order valence-corrected chi connectivity index (χ1v) is 9.23. The lowest BCUT2D eigenvalue weighted by Gasteiger charge is -2.18. The predicted octanol–water partition coefficient (Wildman–Crippen LogP) is 2.12. The molecule has 1 unspecified atom stereocenters. The van der Waals surface area contributed by atoms with Crippen molar-refractivity contribution in [3.05, 3.63) is 29.8 Å². The van der Waals surface area contributed by atoms with E-state index in [1.807, 2.05) is 0 Å². The molecule has 0 aliphatic carbocycles. The minimum absolute atomic E-state index is 0.0776. The van der Waals surface area contributed by atoms with E-state index in [1.54, 1.807) is 26.0 Å². The molecule has 1 rings (SSSR count). The van der Waals surface area contributed by atoms with Gasteiger partial charge in [0.15, 0.2) is 9.84 Å². The van der Waals surface area contributed by atoms with E-state index in [4.69, 9.17) is 5.73 Å². The van der Waals surface area contributed by atoms with Gasteiger partial charge >= 0.3 is 0 Å². The Bertz CT molecular complexity index is 597. The van der Waals surface area contributed by atoms with Crippen LogP contribution in [-0.4, -0.2) is 32.2 Å². The molecule has 1 aromatic carbocycles. The van der Waals surface area contributed by atoms with E-state index in [-0.39, 0.29) is 22.4 Å². The Hall–Kier alpha value is -1.40. The molecule has 3 N–H and O–H groups in total. The molecular weight excluding hydrogens is 300 g/mol. The maximum absolute atomic E-state index is 12.4. The molecule has 6 heteroatoms. The lowest BCUT2D eigenvalue weighted by atomic mass is 10.1. The third-order valence-electron chi connectivity index (χ3n) is 3.58. The fourth-order valence-electron chi connectivity index (χ4n) is 2.12. The molecule has 0 aliphatic heterocycles. The Morgan fingerprint density at radius 3 is 2.45 bits per heavy atom. The summed E-state index contributed by atoms with van der Waals surface area (Å²) >= 11 is 0. The SMILES string of the molecule is CCCCC(CN)NC(=O)c1ccccc1S(=O)(=O)C(C)C. The maximum Gasteiger partial charge on any atom is 0.252 e. The van der Waals surface area contributed by atoms with Crippen molar-refractivity contribution in [2.24, 2.45) is 5.73 Å². The summed E-state index contributed by atoms with van der Waals surface area (Å²) < 4.78 is 24.8. The second kappa shape index (κ2) is 8.29. The molecule has 0 spiro atoms. The number of hydrogen-bond acceptors (Lipinski definition) is 4. The van der Waals surface area contributed by atoms with Crippen LogP contribution in [0.1, 0.15) is 50.4 Å². The van der Waals surface area contributed by atoms with Crippen LogP contribution in [0.4, 0.5) is 0 Å². The van der Waals surface area contributed by atoms with E-state index in [2.05, 4.69) is 12.2 Å². The van der Waals surface area contributed by atoms with Crippen molar-refractivity contribution in [1.82, 2.24) is 5.32 Å². The van der Waals surface area contributed by atoms with Crippen LogP contribution in [-0.2, 0) is 9.84 Å². The summed E-state index contributed by atoms with van der Waals surface area (Å²) in [6.45, 7) is 5.62. The lowest BCUT2D eigenvalue weighted by Crippen LogP contribution is -2.40. The number of nitrogens with one attached hydrogen (secondary N) is 1. The molecule has 0 radical (unpaired) electrons. The fraction of sp³-hybridized carbons (Fsp3) is 0.562. The van der Waals surface area contributed by atoms with Crippen molar-refractivity contribution in [3.63, 3.8) is 0 Å². The first kappa shape index (κ1) is 18.6. The van der Waals surface area contributed by atoms with Gasteiger partial charge in [-0.05, 0) is 32.4 Å². The summed E-state index contributed by atoms with van der Waals surface area (Å²) in [6.07, 6.45) is 2.77. The Labute approximate surface area is 133 Å². The summed E-state index contributed by atoms with van der Waals surface area (Å²) in [7, 11) is -3.50. The zero-order chi connectivity index (χ0) is 16.8. The average Bonchev–Trinajstić information content (AvgIpc) is 2.50. The zero-order valence-electron chi connectivity index (χ0n) is 13.5. The van der Waals surface area contributed by atoms with Crippen LogP contribution in [0.2, 0.25) is 0 Å². The molecule has 0 fully saturated rings. The second-order valence-corrected chi connectivity index (χ2v) is 8.11. The minimum atomic E-state index is -3.50. The van der Waals surface area contributed by atoms with E-state index in [0.29, 0.717) is 6.54 Å². The van der Waals surface area contributed by atoms with Crippen LogP contribution in [0.15, 0.2) is 29.2 Å². The van der Waals surface area contributed by atoms with E-state index in [9.17, 15) is 13.2 Å². The number of amides is 1. The maximum atomic E-state index is 12.4. The molecule has 0 saturated heterocycles. The number of unbranched alkanes of at least 4 members (excludes halogenated alkanes) is 1. The smallest absolute Gasteiger partial charge is 0.252 e. The van der Waals surface area contributed by atoms with E-state index in [0.717, 1.165) is 19.3 Å². The van der Waals surface area contributed by atoms with Crippen molar-refractivity contribution in [3.8, 4) is 0 Å². The van der Waals surface area contributed by atoms with Gasteiger partial charge in [-0.1, -0.05) is 31.9 Å². The summed E-state index contributed by atoms with van der Waals surface area (Å²) in [5.74, 6) is -0.383. The summed E-state index contributed by atoms with van der Waals surface area (Å²) in [5, 5.41) is 2.26. The Balaban J connectivity index is 3.04. The summed E-state index contributed by atoms with van der Waals surface area (Å²) in [5.41, 5.74) is 5.87. The molecule has 5 nitrogen and oxygen atoms in total. The van der Waals surface area contributed by atoms with Crippen molar-refractivity contribution >= 4 is 15.7 Å². The number of benzene rings is 1. The lowest BCUT2D eigenvalue weighted by molar-refractivity contribution is 0.0932. The number of hydrogen-bond donors (Lipinski definition) is 2. The summed E-state index contributed by atoms with van der Waals surface area (Å²) in [6, 6.07) is 6.18. The predicted molar refractivity (Wildman–Crippen MR) is 88.6 cm³/mol. The van der Waals surface area contributed by atoms with Gasteiger partial charge in [0.1, 0.15) is 0 Å². The van der Waals surface area contributed by atoms with Gasteiger partial charge in [-0.25, -0.2) is 8.42 Å². The Kier molecular flexibility index (Phi) is 7.03. The molecule has 1 aromatic rings. The molecule has 0 aromatic heterocycles. The van der Waals surface area contributed by atoms with Gasteiger partial charge < -0.3 is 11.1 Å². The van der Waals surface area contributed by atoms with Crippen molar-refractivity contribution < 1.29 is 13.2 Å². The first-order valence-electron chi connectivity index (χ1n) is 7.68. The third-order valence-corrected chi connectivity index (χ3v) is 5.79. The molecular formula is C16H26N2O3S. The monoisotopic (exact) mass is 326 g/mol. The molecule has 124 valence electrons. The highest BCUT2D eigenvalue weighted by atomic mass is 32.2. The molecule has 22 heavy (non-hydrogen) atoms. The van der Waals surface area contributed by atoms with Crippen molar-refractivity contribution in [2.45, 2.75) is 56.2 Å². The number of rotatable bonds is 8. The largest absolute Gasteiger partial charge is 0.348 e. The highest BCUT2D eigenvalue weighted by molar-refractivity contribution is 7.92. The van der Waals surface area contributed by atoms with Gasteiger partial charge in [0.25, 0.3) is 5.91 Å². The van der Waals surface area contributed by atoms with E-state index < -0.39 is 15.1 Å². The number of nitrogens with two attached hydrogens (primary N) is 1. The molecule has 0 saturated carbocycles. The minimum Gasteiger partial charge on any atom is -0.348 e. The number of carbonyl (C=O) groups is 1. The molecule has 0 aliphatic rings. The number of sulfone groups is 1. The topological polar surface area (TPSA) is 89.3 Å². The molecule has 0 heterocycles. The van der Waals surface area contributed by atoms with Gasteiger partial charge in [-0.2, -0.15) is 0 Å². The highest BCUT2D eigenvalue weighted by Gasteiger charge is 2.25. The van der Waals surface area contributed by atoms with Gasteiger partial charge in [0, 0.05) is 12.6 Å². The highest BCUT2D eigenvalue weighted by Crippen LogP contribution is 2.20. The van der Waals surface area contributed by atoms with Crippen LogP contribution in [0.5, 0.6) is 0 Å². The van der Waals surface area contributed by atoms with Crippen LogP contribution < -0.4 is 11.1 Å². The second-order valence-electron chi connectivity index (χ2n) is 5.64. The fourth-order valence-corrected chi connectivity index (χ4v) is 3.36. The van der Waals surface area contributed by atoms with Gasteiger partial charge in [-0.3, -0.25) is 4.79 Å². The van der Waals surface area contributed by atoms with Crippen LogP contribution in [0.3, 0.4) is 0 Å². The average molecular weight is 326 g/mol. The third kappa shape index (κ3) is 4.55. The summed E-state index contributed by atoms with van der Waals surface area (Å²) in [4.78, 5) is 12.5. The Morgan fingerprint density at radius 1 is 1.27 bits per heavy atom. The first-order chi connectivity index (χ1) is 10.3. The van der Waals surface area contributed by atoms with Crippen molar-refractivity contribution in [2.75, 3.05) is 6.54 Å². The van der Waals surface area contributed by atoms with Crippen LogP contribution in [0, 0.1) is 0 Å². The van der Waals surface area contributed by atoms with Crippen molar-refractivity contribution in [1.29, 1.82) is 0 Å². The number of carbonyl (C=O) groups excluding carboxylic acids is 1. The quantitative estimate of drug-likeness (QED) is 0.766. The van der Waals surface area contributed by atoms with E-state index in [1.165, 1.54) is 12.1 Å². The van der Waals surface area contributed by atoms with Gasteiger partial charge in [0.2, 0.25) is 0 Å². The van der Waals surface area contributed by atoms with Crippen LogP contribution in [0.25, 0.3) is 0 Å². The van der Waals surface area contributed by atoms with E-state index >= 15 is 0 Å². The normalized spacial score (nSPS) is 13.1. The van der Waals surface area contributed by atoms with Gasteiger partial charge in [0.05, 0.1) is 15.7 Å². The molecule has 1 atom stereocenters. The van der Waals surface area contributed by atoms with Crippen LogP contribution >= 0.6 is 0 Å². The Morgan fingerprint density at radius 2 is 1.91 bits per heavy atom. The zero-order valence-corrected chi connectivity index (χ0v) is 14.3. The standard InChI is InChI=1S/C16H26N2O3S/c1-4-5-8-13(11-17)18-16(19)14-9-6-7-10-15(14)22(20,21)12(2)3/h6-7,9-10,12-13H,4-5,8,11,17H2,1-3H3,(H,18,19). The molecule has 0 bridgehead atoms. The molecule has 1 amide bonds. The van der Waals surface area contributed by atoms with Gasteiger partial charge in [-0.15, -0.1) is 0 Å².